The highest BCUT2D eigenvalue weighted by Gasteiger charge is 2.40. The summed E-state index contributed by atoms with van der Waals surface area (Å²) in [7, 11) is 5.71. The van der Waals surface area contributed by atoms with Crippen LogP contribution < -0.4 is 9.47 Å². The van der Waals surface area contributed by atoms with Crippen molar-refractivity contribution < 1.29 is 9.47 Å². The standard InChI is InChI=1S/C27H36ClNO2S2.ClH/c1-29(20-26(13-4-14-26)22-9-12-24(30-2)25(19-22)31-3)16-5-15-27(32-17-6-18-33-27)21-7-10-23(28)11-8-21;/h7-12,19H,4-6,13-18,20H2,1-3H3;1H. The minimum Gasteiger partial charge on any atom is -0.493 e. The largest absolute Gasteiger partial charge is 0.493 e. The molecule has 2 fully saturated rings. The average molecular weight is 543 g/mol. The Bertz CT molecular complexity index is 915. The predicted molar refractivity (Wildman–Crippen MR) is 152 cm³/mol. The third-order valence-corrected chi connectivity index (χ3v) is 10.9. The zero-order valence-electron chi connectivity index (χ0n) is 20.5. The van der Waals surface area contributed by atoms with Gasteiger partial charge >= 0.3 is 0 Å². The van der Waals surface area contributed by atoms with Crippen LogP contribution in [-0.2, 0) is 9.49 Å². The molecule has 1 aliphatic heterocycles. The van der Waals surface area contributed by atoms with E-state index in [0.29, 0.717) is 0 Å². The van der Waals surface area contributed by atoms with Crippen LogP contribution in [0.3, 0.4) is 0 Å². The summed E-state index contributed by atoms with van der Waals surface area (Å²) in [6, 6.07) is 15.0. The molecule has 4 rings (SSSR count). The molecule has 0 N–H and O–H groups in total. The Labute approximate surface area is 225 Å². The van der Waals surface area contributed by atoms with Crippen molar-refractivity contribution in [3.63, 3.8) is 0 Å². The Morgan fingerprint density at radius 3 is 2.15 bits per heavy atom. The fourth-order valence-electron chi connectivity index (χ4n) is 5.22. The van der Waals surface area contributed by atoms with E-state index in [4.69, 9.17) is 21.1 Å². The second-order valence-corrected chi connectivity index (χ2v) is 12.8. The topological polar surface area (TPSA) is 21.7 Å². The van der Waals surface area contributed by atoms with Gasteiger partial charge in [-0.3, -0.25) is 0 Å². The van der Waals surface area contributed by atoms with E-state index in [1.54, 1.807) is 14.2 Å². The highest BCUT2D eigenvalue weighted by atomic mass is 35.5. The molecule has 0 radical (unpaired) electrons. The van der Waals surface area contributed by atoms with E-state index in [2.05, 4.69) is 65.8 Å². The zero-order chi connectivity index (χ0) is 23.3. The van der Waals surface area contributed by atoms with Crippen LogP contribution in [0.15, 0.2) is 42.5 Å². The van der Waals surface area contributed by atoms with Crippen molar-refractivity contribution in [1.29, 1.82) is 0 Å². The Balaban J connectivity index is 0.00000324. The lowest BCUT2D eigenvalue weighted by molar-refractivity contribution is 0.157. The van der Waals surface area contributed by atoms with E-state index < -0.39 is 0 Å². The summed E-state index contributed by atoms with van der Waals surface area (Å²) < 4.78 is 11.2. The van der Waals surface area contributed by atoms with E-state index >= 15 is 0 Å². The van der Waals surface area contributed by atoms with E-state index in [-0.39, 0.29) is 21.9 Å². The van der Waals surface area contributed by atoms with Gasteiger partial charge < -0.3 is 14.4 Å². The van der Waals surface area contributed by atoms with Crippen molar-refractivity contribution in [2.45, 2.75) is 48.0 Å². The molecule has 0 atom stereocenters. The molecule has 2 aromatic rings. The molecule has 1 saturated heterocycles. The lowest BCUT2D eigenvalue weighted by Crippen LogP contribution is -2.44. The van der Waals surface area contributed by atoms with E-state index in [1.807, 2.05) is 12.1 Å². The minimum atomic E-state index is 0. The summed E-state index contributed by atoms with van der Waals surface area (Å²) in [6.07, 6.45) is 7.48. The summed E-state index contributed by atoms with van der Waals surface area (Å²) in [5.74, 6) is 4.13. The lowest BCUT2D eigenvalue weighted by Gasteiger charge is -2.45. The number of benzene rings is 2. The van der Waals surface area contributed by atoms with Crippen molar-refractivity contribution in [1.82, 2.24) is 4.90 Å². The fraction of sp³-hybridized carbons (Fsp3) is 0.556. The first-order valence-electron chi connectivity index (χ1n) is 12.0. The second-order valence-electron chi connectivity index (χ2n) is 9.36. The van der Waals surface area contributed by atoms with Crippen molar-refractivity contribution in [2.24, 2.45) is 0 Å². The Morgan fingerprint density at radius 1 is 0.912 bits per heavy atom. The van der Waals surface area contributed by atoms with E-state index in [1.165, 1.54) is 61.2 Å². The highest BCUT2D eigenvalue weighted by Crippen LogP contribution is 2.53. The smallest absolute Gasteiger partial charge is 0.161 e. The number of methoxy groups -OCH3 is 2. The second kappa shape index (κ2) is 12.5. The molecule has 0 unspecified atom stereocenters. The van der Waals surface area contributed by atoms with E-state index in [9.17, 15) is 0 Å². The number of rotatable bonds is 10. The van der Waals surface area contributed by atoms with E-state index in [0.717, 1.165) is 29.6 Å². The molecule has 1 heterocycles. The van der Waals surface area contributed by atoms with Gasteiger partial charge in [0.1, 0.15) is 0 Å². The third-order valence-electron chi connectivity index (χ3n) is 7.17. The summed E-state index contributed by atoms with van der Waals surface area (Å²) in [4.78, 5) is 2.55. The van der Waals surface area contributed by atoms with Crippen LogP contribution in [0.1, 0.15) is 49.7 Å². The Hall–Kier alpha value is -0.720. The molecule has 0 amide bonds. The molecular weight excluding hydrogens is 505 g/mol. The van der Waals surface area contributed by atoms with Gasteiger partial charge in [0.25, 0.3) is 0 Å². The van der Waals surface area contributed by atoms with Gasteiger partial charge in [0.05, 0.1) is 18.3 Å². The van der Waals surface area contributed by atoms with Gasteiger partial charge in [0, 0.05) is 17.0 Å². The quantitative estimate of drug-likeness (QED) is 0.307. The molecule has 2 aromatic carbocycles. The maximum Gasteiger partial charge on any atom is 0.161 e. The van der Waals surface area contributed by atoms with Crippen LogP contribution in [0.2, 0.25) is 5.02 Å². The van der Waals surface area contributed by atoms with Crippen LogP contribution in [0, 0.1) is 0 Å². The average Bonchev–Trinajstić information content (AvgIpc) is 2.82. The molecule has 1 aliphatic carbocycles. The normalized spacial score (nSPS) is 18.6. The van der Waals surface area contributed by atoms with Crippen molar-refractivity contribution in [3.05, 3.63) is 58.6 Å². The first kappa shape index (κ1) is 27.9. The molecule has 2 aliphatic rings. The summed E-state index contributed by atoms with van der Waals surface area (Å²) in [5, 5.41) is 0.820. The van der Waals surface area contributed by atoms with Crippen LogP contribution in [0.4, 0.5) is 0 Å². The van der Waals surface area contributed by atoms with Crippen molar-refractivity contribution in [3.8, 4) is 11.5 Å². The maximum absolute atomic E-state index is 6.17. The fourth-order valence-corrected chi connectivity index (χ4v) is 8.78. The maximum atomic E-state index is 6.17. The SMILES string of the molecule is COc1ccc(C2(CN(C)CCCC3(c4ccc(Cl)cc4)SCCCS3)CCC2)cc1OC.Cl. The van der Waals surface area contributed by atoms with Crippen LogP contribution in [-0.4, -0.2) is 50.8 Å². The zero-order valence-corrected chi connectivity index (χ0v) is 23.7. The van der Waals surface area contributed by atoms with Gasteiger partial charge in [0.2, 0.25) is 0 Å². The first-order chi connectivity index (χ1) is 16.0. The van der Waals surface area contributed by atoms with Gasteiger partial charge in [0.15, 0.2) is 11.5 Å². The summed E-state index contributed by atoms with van der Waals surface area (Å²) >= 11 is 10.4. The third kappa shape index (κ3) is 6.15. The monoisotopic (exact) mass is 541 g/mol. The number of ether oxygens (including phenoxy) is 2. The predicted octanol–water partition coefficient (Wildman–Crippen LogP) is 7.64. The molecule has 3 nitrogen and oxygen atoms in total. The van der Waals surface area contributed by atoms with Crippen LogP contribution in [0.25, 0.3) is 0 Å². The van der Waals surface area contributed by atoms with Crippen LogP contribution in [0.5, 0.6) is 11.5 Å². The molecular formula is C27H37Cl2NO2S2. The molecule has 0 spiro atoms. The number of nitrogens with zero attached hydrogens (tertiary/aromatic N) is 1. The molecule has 188 valence electrons. The van der Waals surface area contributed by atoms with Gasteiger partial charge in [-0.15, -0.1) is 35.9 Å². The molecule has 7 heteroatoms. The molecule has 1 saturated carbocycles. The summed E-state index contributed by atoms with van der Waals surface area (Å²) in [5.41, 5.74) is 3.04. The number of hydrogen-bond acceptors (Lipinski definition) is 5. The van der Waals surface area contributed by atoms with Gasteiger partial charge in [-0.1, -0.05) is 36.2 Å². The number of hydrogen-bond donors (Lipinski definition) is 0. The van der Waals surface area contributed by atoms with Crippen LogP contribution >= 0.6 is 47.5 Å². The number of thioether (sulfide) groups is 2. The van der Waals surface area contributed by atoms with Gasteiger partial charge in [-0.05, 0) is 92.6 Å². The number of halogens is 2. The highest BCUT2D eigenvalue weighted by molar-refractivity contribution is 8.18. The molecule has 34 heavy (non-hydrogen) atoms. The van der Waals surface area contributed by atoms with Gasteiger partial charge in [-0.25, -0.2) is 0 Å². The Kier molecular flexibility index (Phi) is 10.2. The summed E-state index contributed by atoms with van der Waals surface area (Å²) in [6.45, 7) is 2.21. The minimum absolute atomic E-state index is 0. The van der Waals surface area contributed by atoms with Gasteiger partial charge in [-0.2, -0.15) is 0 Å². The van der Waals surface area contributed by atoms with Crippen molar-refractivity contribution in [2.75, 3.05) is 45.9 Å². The Morgan fingerprint density at radius 2 is 1.56 bits per heavy atom. The van der Waals surface area contributed by atoms with Crippen molar-refractivity contribution >= 4 is 47.5 Å². The lowest BCUT2D eigenvalue weighted by atomic mass is 9.64. The number of likely N-dealkylation sites (N-methyl/N-ethyl adjacent to an activating group) is 1. The molecule has 0 bridgehead atoms. The first-order valence-corrected chi connectivity index (χ1v) is 14.3. The molecule has 0 aromatic heterocycles.